The van der Waals surface area contributed by atoms with Crippen LogP contribution in [0.15, 0.2) is 18.3 Å². The summed E-state index contributed by atoms with van der Waals surface area (Å²) in [5, 5.41) is 3.12. The zero-order chi connectivity index (χ0) is 8.81. The fraction of sp³-hybridized carbons (Fsp3) is 0.375. The molecular weight excluding hydrogens is 152 g/mol. The third-order valence-electron chi connectivity index (χ3n) is 1.47. The highest BCUT2D eigenvalue weighted by atomic mass is 15.0. The van der Waals surface area contributed by atoms with Gasteiger partial charge in [-0.2, -0.15) is 0 Å². The molecule has 66 valence electrons. The second kappa shape index (κ2) is 4.56. The van der Waals surface area contributed by atoms with E-state index in [9.17, 15) is 0 Å². The number of nitrogen functional groups attached to an aromatic ring is 1. The van der Waals surface area contributed by atoms with Crippen LogP contribution in [0.25, 0.3) is 0 Å². The Balaban J connectivity index is 2.41. The second-order valence-electron chi connectivity index (χ2n) is 2.54. The van der Waals surface area contributed by atoms with Gasteiger partial charge >= 0.3 is 0 Å². The number of hydrogen-bond acceptors (Lipinski definition) is 4. The molecule has 0 aliphatic rings. The molecule has 12 heavy (non-hydrogen) atoms. The molecule has 0 saturated carbocycles. The molecule has 0 aromatic carbocycles. The zero-order valence-corrected chi connectivity index (χ0v) is 6.96. The van der Waals surface area contributed by atoms with Crippen LogP contribution in [0.3, 0.4) is 0 Å². The Morgan fingerprint density at radius 1 is 1.50 bits per heavy atom. The smallest absolute Gasteiger partial charge is 0.127 e. The van der Waals surface area contributed by atoms with Crippen molar-refractivity contribution in [3.05, 3.63) is 18.3 Å². The van der Waals surface area contributed by atoms with Gasteiger partial charge in [0, 0.05) is 24.5 Å². The molecule has 0 bridgehead atoms. The van der Waals surface area contributed by atoms with Crippen molar-refractivity contribution in [3.8, 4) is 0 Å². The van der Waals surface area contributed by atoms with E-state index in [2.05, 4.69) is 10.3 Å². The van der Waals surface area contributed by atoms with E-state index < -0.39 is 0 Å². The Labute approximate surface area is 72.0 Å². The standard InChI is InChI=1S/C8H14N4/c9-3-1-4-11-8-6-7(10)2-5-12-8/h2,5-6H,1,3-4,9H2,(H3,10,11,12). The minimum absolute atomic E-state index is 0.690. The molecule has 0 aliphatic carbocycles. The molecule has 1 rings (SSSR count). The van der Waals surface area contributed by atoms with Crippen molar-refractivity contribution < 1.29 is 0 Å². The van der Waals surface area contributed by atoms with Gasteiger partial charge in [0.15, 0.2) is 0 Å². The van der Waals surface area contributed by atoms with Gasteiger partial charge in [-0.05, 0) is 19.0 Å². The number of hydrogen-bond donors (Lipinski definition) is 3. The van der Waals surface area contributed by atoms with E-state index in [-0.39, 0.29) is 0 Å². The van der Waals surface area contributed by atoms with Crippen LogP contribution in [-0.2, 0) is 0 Å². The maximum Gasteiger partial charge on any atom is 0.127 e. The van der Waals surface area contributed by atoms with Gasteiger partial charge in [0.25, 0.3) is 0 Å². The highest BCUT2D eigenvalue weighted by Crippen LogP contribution is 2.06. The van der Waals surface area contributed by atoms with Gasteiger partial charge in [0.05, 0.1) is 0 Å². The summed E-state index contributed by atoms with van der Waals surface area (Å²) in [5.74, 6) is 0.809. The largest absolute Gasteiger partial charge is 0.399 e. The summed E-state index contributed by atoms with van der Waals surface area (Å²) >= 11 is 0. The lowest BCUT2D eigenvalue weighted by atomic mass is 10.4. The summed E-state index contributed by atoms with van der Waals surface area (Å²) in [6, 6.07) is 3.56. The molecule has 0 spiro atoms. The molecule has 4 heteroatoms. The average molecular weight is 166 g/mol. The van der Waals surface area contributed by atoms with E-state index in [1.807, 2.05) is 0 Å². The van der Waals surface area contributed by atoms with Crippen LogP contribution in [0.1, 0.15) is 6.42 Å². The summed E-state index contributed by atoms with van der Waals surface area (Å²) < 4.78 is 0. The molecule has 1 heterocycles. The van der Waals surface area contributed by atoms with Crippen LogP contribution in [0.4, 0.5) is 11.5 Å². The predicted molar refractivity (Wildman–Crippen MR) is 50.8 cm³/mol. The van der Waals surface area contributed by atoms with Crippen molar-refractivity contribution in [1.82, 2.24) is 4.98 Å². The number of rotatable bonds is 4. The molecule has 0 amide bonds. The predicted octanol–water partition coefficient (Wildman–Crippen LogP) is 0.424. The number of pyridine rings is 1. The van der Waals surface area contributed by atoms with Crippen LogP contribution in [-0.4, -0.2) is 18.1 Å². The Bertz CT molecular complexity index is 236. The van der Waals surface area contributed by atoms with Crippen molar-refractivity contribution in [2.45, 2.75) is 6.42 Å². The lowest BCUT2D eigenvalue weighted by molar-refractivity contribution is 0.870. The molecule has 0 fully saturated rings. The van der Waals surface area contributed by atoms with Crippen LogP contribution in [0, 0.1) is 0 Å². The maximum atomic E-state index is 5.56. The lowest BCUT2D eigenvalue weighted by Gasteiger charge is -2.03. The lowest BCUT2D eigenvalue weighted by Crippen LogP contribution is -2.09. The van der Waals surface area contributed by atoms with E-state index in [1.54, 1.807) is 18.3 Å². The van der Waals surface area contributed by atoms with Crippen molar-refractivity contribution in [2.75, 3.05) is 24.1 Å². The molecule has 0 aliphatic heterocycles. The first-order chi connectivity index (χ1) is 5.83. The van der Waals surface area contributed by atoms with Crippen molar-refractivity contribution in [3.63, 3.8) is 0 Å². The highest BCUT2D eigenvalue weighted by Gasteiger charge is 1.91. The topological polar surface area (TPSA) is 77.0 Å². The Kier molecular flexibility index (Phi) is 3.35. The Morgan fingerprint density at radius 3 is 3.00 bits per heavy atom. The fourth-order valence-electron chi connectivity index (χ4n) is 0.862. The summed E-state index contributed by atoms with van der Waals surface area (Å²) in [4.78, 5) is 4.08. The fourth-order valence-corrected chi connectivity index (χ4v) is 0.862. The first-order valence-electron chi connectivity index (χ1n) is 3.98. The zero-order valence-electron chi connectivity index (χ0n) is 6.96. The minimum Gasteiger partial charge on any atom is -0.399 e. The Hall–Kier alpha value is -1.29. The second-order valence-corrected chi connectivity index (χ2v) is 2.54. The van der Waals surface area contributed by atoms with E-state index in [0.717, 1.165) is 24.5 Å². The van der Waals surface area contributed by atoms with E-state index in [0.29, 0.717) is 6.54 Å². The first kappa shape index (κ1) is 8.80. The van der Waals surface area contributed by atoms with Crippen LogP contribution < -0.4 is 16.8 Å². The number of nitrogens with one attached hydrogen (secondary N) is 1. The molecular formula is C8H14N4. The third kappa shape index (κ3) is 2.75. The third-order valence-corrected chi connectivity index (χ3v) is 1.47. The van der Waals surface area contributed by atoms with Crippen LogP contribution in [0.5, 0.6) is 0 Å². The summed E-state index contributed by atoms with van der Waals surface area (Å²) in [7, 11) is 0. The summed E-state index contributed by atoms with van der Waals surface area (Å²) in [6.45, 7) is 1.53. The first-order valence-corrected chi connectivity index (χ1v) is 3.98. The molecule has 0 unspecified atom stereocenters. The molecule has 5 N–H and O–H groups in total. The highest BCUT2D eigenvalue weighted by molar-refractivity contribution is 5.48. The van der Waals surface area contributed by atoms with Crippen molar-refractivity contribution >= 4 is 11.5 Å². The molecule has 0 atom stereocenters. The number of anilines is 2. The maximum absolute atomic E-state index is 5.56. The molecule has 4 nitrogen and oxygen atoms in total. The monoisotopic (exact) mass is 166 g/mol. The van der Waals surface area contributed by atoms with Gasteiger partial charge in [-0.25, -0.2) is 4.98 Å². The molecule has 1 aromatic heterocycles. The SMILES string of the molecule is NCCCNc1cc(N)ccn1. The average Bonchev–Trinajstić information content (AvgIpc) is 2.05. The van der Waals surface area contributed by atoms with Crippen molar-refractivity contribution in [2.24, 2.45) is 5.73 Å². The molecule has 0 radical (unpaired) electrons. The Morgan fingerprint density at radius 2 is 2.33 bits per heavy atom. The quantitative estimate of drug-likeness (QED) is 0.567. The van der Waals surface area contributed by atoms with Crippen molar-refractivity contribution in [1.29, 1.82) is 0 Å². The minimum atomic E-state index is 0.690. The summed E-state index contributed by atoms with van der Waals surface area (Å²) in [5.41, 5.74) is 11.6. The van der Waals surface area contributed by atoms with E-state index in [1.165, 1.54) is 0 Å². The van der Waals surface area contributed by atoms with Gasteiger partial charge in [-0.15, -0.1) is 0 Å². The number of aromatic nitrogens is 1. The van der Waals surface area contributed by atoms with E-state index in [4.69, 9.17) is 11.5 Å². The van der Waals surface area contributed by atoms with Gasteiger partial charge in [-0.1, -0.05) is 0 Å². The number of nitrogens with two attached hydrogens (primary N) is 2. The molecule has 0 saturated heterocycles. The van der Waals surface area contributed by atoms with Gasteiger partial charge in [0.2, 0.25) is 0 Å². The summed E-state index contributed by atoms with van der Waals surface area (Å²) in [6.07, 6.45) is 2.62. The van der Waals surface area contributed by atoms with Gasteiger partial charge < -0.3 is 16.8 Å². The van der Waals surface area contributed by atoms with E-state index >= 15 is 0 Å². The normalized spacial score (nSPS) is 9.75. The molecule has 1 aromatic rings. The van der Waals surface area contributed by atoms with Gasteiger partial charge in [-0.3, -0.25) is 0 Å². The van der Waals surface area contributed by atoms with Crippen LogP contribution >= 0.6 is 0 Å². The van der Waals surface area contributed by atoms with Gasteiger partial charge in [0.1, 0.15) is 5.82 Å². The number of nitrogens with zero attached hydrogens (tertiary/aromatic N) is 1. The van der Waals surface area contributed by atoms with Crippen LogP contribution in [0.2, 0.25) is 0 Å².